The predicted molar refractivity (Wildman–Crippen MR) is 129 cm³/mol. The van der Waals surface area contributed by atoms with Crippen LogP contribution < -0.4 is 10.9 Å². The van der Waals surface area contributed by atoms with Gasteiger partial charge in [-0.15, -0.1) is 0 Å². The molecule has 1 atom stereocenters. The Bertz CT molecular complexity index is 1240. The standard InChI is InChI=1S/C24H25ClFN3O3S/c1-14(2)27-22(30)15-6-8-19-21(10-15)28-24(29(23(19)31)12-18-4-3-9-32-18)33-13-16-5-7-17(26)11-20(16)25/h5-8,10-11,14,18H,3-4,9,12-13H2,1-2H3,(H,27,30)/t18-/m0/s1. The van der Waals surface area contributed by atoms with E-state index in [1.54, 1.807) is 28.8 Å². The zero-order valence-electron chi connectivity index (χ0n) is 18.4. The van der Waals surface area contributed by atoms with E-state index in [0.29, 0.717) is 45.5 Å². The van der Waals surface area contributed by atoms with Crippen molar-refractivity contribution < 1.29 is 13.9 Å². The fourth-order valence-corrected chi connectivity index (χ4v) is 5.06. The number of halogens is 2. The topological polar surface area (TPSA) is 73.2 Å². The number of thioether (sulfide) groups is 1. The van der Waals surface area contributed by atoms with Crippen LogP contribution in [0.1, 0.15) is 42.6 Å². The Morgan fingerprint density at radius 3 is 2.85 bits per heavy atom. The van der Waals surface area contributed by atoms with Crippen LogP contribution in [0.4, 0.5) is 4.39 Å². The number of nitrogens with one attached hydrogen (secondary N) is 1. The fraction of sp³-hybridized carbons (Fsp3) is 0.375. The Hall–Kier alpha value is -2.42. The van der Waals surface area contributed by atoms with Crippen molar-refractivity contribution in [3.63, 3.8) is 0 Å². The SMILES string of the molecule is CC(C)NC(=O)c1ccc2c(=O)n(C[C@@H]3CCCO3)c(SCc3ccc(F)cc3Cl)nc2c1. The number of carbonyl (C=O) groups excluding carboxylic acids is 1. The highest BCUT2D eigenvalue weighted by atomic mass is 35.5. The lowest BCUT2D eigenvalue weighted by Gasteiger charge is -2.17. The second-order valence-electron chi connectivity index (χ2n) is 8.33. The number of amides is 1. The number of ether oxygens (including phenoxy) is 1. The molecule has 6 nitrogen and oxygen atoms in total. The number of fused-ring (bicyclic) bond motifs is 1. The molecule has 174 valence electrons. The summed E-state index contributed by atoms with van der Waals surface area (Å²) in [5.41, 5.74) is 1.45. The minimum absolute atomic E-state index is 0.00728. The molecule has 1 fully saturated rings. The lowest BCUT2D eigenvalue weighted by molar-refractivity contribution is 0.0937. The molecule has 2 heterocycles. The summed E-state index contributed by atoms with van der Waals surface area (Å²) in [6, 6.07) is 9.18. The van der Waals surface area contributed by atoms with Gasteiger partial charge in [-0.05, 0) is 62.6 Å². The first-order chi connectivity index (χ1) is 15.8. The third kappa shape index (κ3) is 5.57. The van der Waals surface area contributed by atoms with Gasteiger partial charge in [0.05, 0.1) is 23.6 Å². The maximum Gasteiger partial charge on any atom is 0.262 e. The molecular formula is C24H25ClFN3O3S. The van der Waals surface area contributed by atoms with E-state index in [4.69, 9.17) is 21.3 Å². The van der Waals surface area contributed by atoms with Crippen LogP contribution in [0.3, 0.4) is 0 Å². The van der Waals surface area contributed by atoms with E-state index >= 15 is 0 Å². The van der Waals surface area contributed by atoms with Crippen molar-refractivity contribution in [2.45, 2.75) is 56.3 Å². The maximum atomic E-state index is 13.4. The van der Waals surface area contributed by atoms with Gasteiger partial charge in [0.1, 0.15) is 5.82 Å². The molecule has 1 saturated heterocycles. The van der Waals surface area contributed by atoms with Crippen LogP contribution in [-0.2, 0) is 17.0 Å². The molecular weight excluding hydrogens is 465 g/mol. The molecule has 0 aliphatic carbocycles. The summed E-state index contributed by atoms with van der Waals surface area (Å²) < 4.78 is 20.8. The second-order valence-corrected chi connectivity index (χ2v) is 9.68. The molecule has 1 N–H and O–H groups in total. The van der Waals surface area contributed by atoms with Crippen LogP contribution in [0, 0.1) is 5.82 Å². The summed E-state index contributed by atoms with van der Waals surface area (Å²) in [4.78, 5) is 30.6. The number of nitrogens with zero attached hydrogens (tertiary/aromatic N) is 2. The summed E-state index contributed by atoms with van der Waals surface area (Å²) in [6.45, 7) is 4.85. The van der Waals surface area contributed by atoms with Gasteiger partial charge in [-0.3, -0.25) is 14.2 Å². The van der Waals surface area contributed by atoms with Crippen molar-refractivity contribution in [3.05, 3.63) is 68.7 Å². The van der Waals surface area contributed by atoms with E-state index in [2.05, 4.69) is 5.32 Å². The summed E-state index contributed by atoms with van der Waals surface area (Å²) in [7, 11) is 0. The van der Waals surface area contributed by atoms with E-state index < -0.39 is 5.82 Å². The van der Waals surface area contributed by atoms with Crippen LogP contribution in [0.5, 0.6) is 0 Å². The monoisotopic (exact) mass is 489 g/mol. The van der Waals surface area contributed by atoms with Gasteiger partial charge < -0.3 is 10.1 Å². The van der Waals surface area contributed by atoms with Crippen molar-refractivity contribution >= 4 is 40.2 Å². The molecule has 1 aliphatic rings. The van der Waals surface area contributed by atoms with Gasteiger partial charge in [0.15, 0.2) is 5.16 Å². The fourth-order valence-electron chi connectivity index (χ4n) is 3.73. The van der Waals surface area contributed by atoms with Gasteiger partial charge in [-0.2, -0.15) is 0 Å². The first kappa shape index (κ1) is 23.7. The Morgan fingerprint density at radius 1 is 1.33 bits per heavy atom. The molecule has 0 saturated carbocycles. The molecule has 0 spiro atoms. The van der Waals surface area contributed by atoms with Gasteiger partial charge in [0.2, 0.25) is 0 Å². The minimum Gasteiger partial charge on any atom is -0.376 e. The number of aromatic nitrogens is 2. The third-order valence-electron chi connectivity index (χ3n) is 5.38. The molecule has 9 heteroatoms. The Kier molecular flexibility index (Phi) is 7.36. The molecule has 0 radical (unpaired) electrons. The normalized spacial score (nSPS) is 16.0. The maximum absolute atomic E-state index is 13.4. The number of benzene rings is 2. The molecule has 0 unspecified atom stereocenters. The van der Waals surface area contributed by atoms with Gasteiger partial charge in [-0.25, -0.2) is 9.37 Å². The van der Waals surface area contributed by atoms with Crippen LogP contribution in [0.25, 0.3) is 10.9 Å². The Labute approximate surface area is 200 Å². The van der Waals surface area contributed by atoms with Crippen molar-refractivity contribution in [2.24, 2.45) is 0 Å². The molecule has 1 aliphatic heterocycles. The van der Waals surface area contributed by atoms with E-state index in [0.717, 1.165) is 18.4 Å². The first-order valence-corrected chi connectivity index (χ1v) is 12.2. The summed E-state index contributed by atoms with van der Waals surface area (Å²) in [5, 5.41) is 4.12. The van der Waals surface area contributed by atoms with Crippen LogP contribution in [0.2, 0.25) is 5.02 Å². The van der Waals surface area contributed by atoms with E-state index in [-0.39, 0.29) is 23.6 Å². The molecule has 1 amide bonds. The Balaban J connectivity index is 1.72. The van der Waals surface area contributed by atoms with Crippen LogP contribution in [-0.4, -0.2) is 34.2 Å². The highest BCUT2D eigenvalue weighted by Crippen LogP contribution is 2.28. The zero-order valence-corrected chi connectivity index (χ0v) is 20.0. The van der Waals surface area contributed by atoms with Crippen LogP contribution in [0.15, 0.2) is 46.3 Å². The molecule has 3 aromatic rings. The number of hydrogen-bond acceptors (Lipinski definition) is 5. The average Bonchev–Trinajstić information content (AvgIpc) is 3.28. The second kappa shape index (κ2) is 10.2. The van der Waals surface area contributed by atoms with Crippen molar-refractivity contribution in [1.29, 1.82) is 0 Å². The lowest BCUT2D eigenvalue weighted by Crippen LogP contribution is -2.31. The summed E-state index contributed by atoms with van der Waals surface area (Å²) >= 11 is 7.54. The highest BCUT2D eigenvalue weighted by molar-refractivity contribution is 7.98. The van der Waals surface area contributed by atoms with Gasteiger partial charge in [-0.1, -0.05) is 29.4 Å². The number of carbonyl (C=O) groups is 1. The molecule has 33 heavy (non-hydrogen) atoms. The van der Waals surface area contributed by atoms with Crippen molar-refractivity contribution in [3.8, 4) is 0 Å². The summed E-state index contributed by atoms with van der Waals surface area (Å²) in [6.07, 6.45) is 1.79. The number of hydrogen-bond donors (Lipinski definition) is 1. The number of rotatable bonds is 7. The smallest absolute Gasteiger partial charge is 0.262 e. The third-order valence-corrected chi connectivity index (χ3v) is 6.76. The molecule has 2 aromatic carbocycles. The highest BCUT2D eigenvalue weighted by Gasteiger charge is 2.21. The quantitative estimate of drug-likeness (QED) is 0.381. The lowest BCUT2D eigenvalue weighted by atomic mass is 10.1. The van der Waals surface area contributed by atoms with Gasteiger partial charge in [0.25, 0.3) is 11.5 Å². The molecule has 1 aromatic heterocycles. The first-order valence-electron chi connectivity index (χ1n) is 10.9. The van der Waals surface area contributed by atoms with Crippen molar-refractivity contribution in [2.75, 3.05) is 6.61 Å². The summed E-state index contributed by atoms with van der Waals surface area (Å²) in [5.74, 6) is -0.208. The largest absolute Gasteiger partial charge is 0.376 e. The molecule has 0 bridgehead atoms. The van der Waals surface area contributed by atoms with E-state index in [1.807, 2.05) is 13.8 Å². The van der Waals surface area contributed by atoms with E-state index in [1.165, 1.54) is 23.9 Å². The average molecular weight is 490 g/mol. The minimum atomic E-state index is -0.403. The van der Waals surface area contributed by atoms with Gasteiger partial charge in [0, 0.05) is 29.0 Å². The van der Waals surface area contributed by atoms with E-state index in [9.17, 15) is 14.0 Å². The Morgan fingerprint density at radius 2 is 2.15 bits per heavy atom. The zero-order chi connectivity index (χ0) is 23.5. The van der Waals surface area contributed by atoms with Gasteiger partial charge >= 0.3 is 0 Å². The van der Waals surface area contributed by atoms with Crippen molar-refractivity contribution in [1.82, 2.24) is 14.9 Å². The van der Waals surface area contributed by atoms with Crippen LogP contribution >= 0.6 is 23.4 Å². The molecule has 4 rings (SSSR count). The predicted octanol–water partition coefficient (Wildman–Crippen LogP) is 4.80.